The van der Waals surface area contributed by atoms with E-state index in [9.17, 15) is 0 Å². The molecular weight excluding hydrogens is 198 g/mol. The van der Waals surface area contributed by atoms with Gasteiger partial charge in [0, 0.05) is 10.8 Å². The third-order valence-corrected chi connectivity index (χ3v) is 2.33. The van der Waals surface area contributed by atoms with Crippen LogP contribution in [0.4, 0.5) is 5.13 Å². The number of nitrogens with zero attached hydrogens (tertiary/aromatic N) is 2. The van der Waals surface area contributed by atoms with Gasteiger partial charge < -0.3 is 10.6 Å². The molecule has 2 N–H and O–H groups in total. The first-order chi connectivity index (χ1) is 6.45. The van der Waals surface area contributed by atoms with Crippen LogP contribution in [-0.2, 0) is 4.84 Å². The van der Waals surface area contributed by atoms with E-state index in [1.807, 2.05) is 5.38 Å². The minimum absolute atomic E-state index is 0.101. The second-order valence-corrected chi connectivity index (χ2v) is 4.83. The summed E-state index contributed by atoms with van der Waals surface area (Å²) >= 11 is 1.40. The third kappa shape index (κ3) is 2.45. The van der Waals surface area contributed by atoms with Gasteiger partial charge in [0.25, 0.3) is 0 Å². The van der Waals surface area contributed by atoms with Gasteiger partial charge in [0.05, 0.1) is 0 Å². The summed E-state index contributed by atoms with van der Waals surface area (Å²) in [6.07, 6.45) is 0. The first kappa shape index (κ1) is 11.0. The number of thiazole rings is 1. The molecule has 1 heterocycles. The lowest BCUT2D eigenvalue weighted by atomic mass is 9.88. The van der Waals surface area contributed by atoms with Crippen LogP contribution in [0.25, 0.3) is 0 Å². The molecule has 1 aromatic rings. The summed E-state index contributed by atoms with van der Waals surface area (Å²) in [7, 11) is 1.53. The molecule has 78 valence electrons. The predicted molar refractivity (Wildman–Crippen MR) is 59.5 cm³/mol. The lowest BCUT2D eigenvalue weighted by molar-refractivity contribution is 0.209. The Balaban J connectivity index is 3.08. The molecule has 0 aliphatic carbocycles. The Morgan fingerprint density at radius 2 is 2.21 bits per heavy atom. The Morgan fingerprint density at radius 3 is 2.57 bits per heavy atom. The van der Waals surface area contributed by atoms with Crippen molar-refractivity contribution in [1.29, 1.82) is 0 Å². The maximum Gasteiger partial charge on any atom is 0.180 e. The average molecular weight is 213 g/mol. The Hall–Kier alpha value is -1.10. The molecule has 0 fully saturated rings. The molecule has 0 aliphatic rings. The largest absolute Gasteiger partial charge is 0.399 e. The zero-order valence-corrected chi connectivity index (χ0v) is 9.68. The molecule has 0 unspecified atom stereocenters. The van der Waals surface area contributed by atoms with Crippen LogP contribution in [0.1, 0.15) is 26.5 Å². The molecule has 1 aromatic heterocycles. The number of hydrogen-bond acceptors (Lipinski definition) is 5. The van der Waals surface area contributed by atoms with Crippen molar-refractivity contribution >= 4 is 22.2 Å². The molecule has 0 amide bonds. The molecule has 0 aromatic carbocycles. The fourth-order valence-corrected chi connectivity index (χ4v) is 1.60. The fraction of sp³-hybridized carbons (Fsp3) is 0.556. The molecule has 0 bridgehead atoms. The SMILES string of the molecule is CON=C(c1csc(N)n1)C(C)(C)C. The van der Waals surface area contributed by atoms with E-state index >= 15 is 0 Å². The van der Waals surface area contributed by atoms with Crippen LogP contribution in [0.15, 0.2) is 10.5 Å². The molecule has 0 spiro atoms. The first-order valence-electron chi connectivity index (χ1n) is 4.28. The summed E-state index contributed by atoms with van der Waals surface area (Å²) in [6.45, 7) is 6.17. The van der Waals surface area contributed by atoms with E-state index in [0.29, 0.717) is 5.13 Å². The minimum atomic E-state index is -0.101. The van der Waals surface area contributed by atoms with Crippen LogP contribution in [0.3, 0.4) is 0 Å². The molecule has 14 heavy (non-hydrogen) atoms. The van der Waals surface area contributed by atoms with Crippen molar-refractivity contribution in [2.24, 2.45) is 10.6 Å². The molecule has 4 nitrogen and oxygen atoms in total. The lowest BCUT2D eigenvalue weighted by Gasteiger charge is -2.18. The van der Waals surface area contributed by atoms with Crippen LogP contribution in [0, 0.1) is 5.41 Å². The molecule has 5 heteroatoms. The van der Waals surface area contributed by atoms with Crippen LogP contribution in [-0.4, -0.2) is 17.8 Å². The van der Waals surface area contributed by atoms with Gasteiger partial charge in [-0.05, 0) is 0 Å². The molecule has 1 rings (SSSR count). The monoisotopic (exact) mass is 213 g/mol. The van der Waals surface area contributed by atoms with Gasteiger partial charge >= 0.3 is 0 Å². The smallest absolute Gasteiger partial charge is 0.180 e. The van der Waals surface area contributed by atoms with Crippen LogP contribution < -0.4 is 5.73 Å². The number of rotatable bonds is 2. The Kier molecular flexibility index (Phi) is 3.10. The lowest BCUT2D eigenvalue weighted by Crippen LogP contribution is -2.22. The number of anilines is 1. The second kappa shape index (κ2) is 3.96. The topological polar surface area (TPSA) is 60.5 Å². The van der Waals surface area contributed by atoms with E-state index in [0.717, 1.165) is 11.4 Å². The maximum atomic E-state index is 5.57. The molecule has 0 aliphatic heterocycles. The van der Waals surface area contributed by atoms with Crippen molar-refractivity contribution in [3.8, 4) is 0 Å². The summed E-state index contributed by atoms with van der Waals surface area (Å²) in [6, 6.07) is 0. The third-order valence-electron chi connectivity index (χ3n) is 1.66. The maximum absolute atomic E-state index is 5.57. The summed E-state index contributed by atoms with van der Waals surface area (Å²) in [5.41, 5.74) is 7.07. The van der Waals surface area contributed by atoms with Crippen molar-refractivity contribution < 1.29 is 4.84 Å². The van der Waals surface area contributed by atoms with Gasteiger partial charge in [0.15, 0.2) is 5.13 Å². The second-order valence-electron chi connectivity index (χ2n) is 3.94. The number of nitrogens with two attached hydrogens (primary N) is 1. The standard InChI is InChI=1S/C9H15N3OS/c1-9(2,3)7(12-13-4)6-5-14-8(10)11-6/h5H,1-4H3,(H2,10,11). The molecular formula is C9H15N3OS. The highest BCUT2D eigenvalue weighted by molar-refractivity contribution is 7.13. The molecule has 0 atom stereocenters. The van der Waals surface area contributed by atoms with E-state index in [1.54, 1.807) is 0 Å². The zero-order valence-electron chi connectivity index (χ0n) is 8.87. The van der Waals surface area contributed by atoms with Gasteiger partial charge in [-0.15, -0.1) is 11.3 Å². The Labute approximate surface area is 87.8 Å². The van der Waals surface area contributed by atoms with Gasteiger partial charge in [-0.2, -0.15) is 0 Å². The average Bonchev–Trinajstić information content (AvgIpc) is 2.45. The van der Waals surface area contributed by atoms with Crippen molar-refractivity contribution in [2.75, 3.05) is 12.8 Å². The van der Waals surface area contributed by atoms with Crippen molar-refractivity contribution in [3.63, 3.8) is 0 Å². The van der Waals surface area contributed by atoms with E-state index in [2.05, 4.69) is 30.9 Å². The molecule has 0 radical (unpaired) electrons. The van der Waals surface area contributed by atoms with E-state index in [-0.39, 0.29) is 5.41 Å². The highest BCUT2D eigenvalue weighted by Gasteiger charge is 2.23. The molecule has 0 saturated carbocycles. The normalized spacial score (nSPS) is 13.0. The minimum Gasteiger partial charge on any atom is -0.399 e. The van der Waals surface area contributed by atoms with Gasteiger partial charge in [0.1, 0.15) is 18.5 Å². The quantitative estimate of drug-likeness (QED) is 0.604. The van der Waals surface area contributed by atoms with Gasteiger partial charge in [-0.1, -0.05) is 25.9 Å². The zero-order chi connectivity index (χ0) is 10.8. The number of hydrogen-bond donors (Lipinski definition) is 1. The van der Waals surface area contributed by atoms with E-state index < -0.39 is 0 Å². The van der Waals surface area contributed by atoms with Crippen LogP contribution in [0.5, 0.6) is 0 Å². The summed E-state index contributed by atoms with van der Waals surface area (Å²) in [5.74, 6) is 0. The number of oxime groups is 1. The van der Waals surface area contributed by atoms with Crippen LogP contribution in [0.2, 0.25) is 0 Å². The van der Waals surface area contributed by atoms with Crippen LogP contribution >= 0.6 is 11.3 Å². The van der Waals surface area contributed by atoms with Crippen molar-refractivity contribution in [3.05, 3.63) is 11.1 Å². The van der Waals surface area contributed by atoms with E-state index in [1.165, 1.54) is 18.4 Å². The highest BCUT2D eigenvalue weighted by atomic mass is 32.1. The van der Waals surface area contributed by atoms with Crippen molar-refractivity contribution in [2.45, 2.75) is 20.8 Å². The Morgan fingerprint density at radius 1 is 1.57 bits per heavy atom. The van der Waals surface area contributed by atoms with E-state index in [4.69, 9.17) is 10.6 Å². The predicted octanol–water partition coefficient (Wildman–Crippen LogP) is 2.12. The highest BCUT2D eigenvalue weighted by Crippen LogP contribution is 2.24. The summed E-state index contributed by atoms with van der Waals surface area (Å²) < 4.78 is 0. The molecule has 0 saturated heterocycles. The number of aromatic nitrogens is 1. The summed E-state index contributed by atoms with van der Waals surface area (Å²) in [4.78, 5) is 8.99. The van der Waals surface area contributed by atoms with Crippen molar-refractivity contribution in [1.82, 2.24) is 4.98 Å². The van der Waals surface area contributed by atoms with Gasteiger partial charge in [-0.25, -0.2) is 4.98 Å². The summed E-state index contributed by atoms with van der Waals surface area (Å²) in [5, 5.41) is 6.42. The Bertz CT molecular complexity index is 338. The van der Waals surface area contributed by atoms with Gasteiger partial charge in [-0.3, -0.25) is 0 Å². The van der Waals surface area contributed by atoms with Gasteiger partial charge in [0.2, 0.25) is 0 Å². The fourth-order valence-electron chi connectivity index (χ4n) is 1.06. The number of nitrogen functional groups attached to an aromatic ring is 1. The first-order valence-corrected chi connectivity index (χ1v) is 5.16.